The van der Waals surface area contributed by atoms with Gasteiger partial charge in [-0.15, -0.1) is 0 Å². The first kappa shape index (κ1) is 27.2. The topological polar surface area (TPSA) is 102 Å². The number of pyridine rings is 1. The number of rotatable bonds is 6. The van der Waals surface area contributed by atoms with E-state index in [2.05, 4.69) is 9.55 Å². The molecule has 0 aliphatic carbocycles. The summed E-state index contributed by atoms with van der Waals surface area (Å²) in [4.78, 5) is 16.9. The van der Waals surface area contributed by atoms with Crippen LogP contribution in [0.1, 0.15) is 43.7 Å². The van der Waals surface area contributed by atoms with E-state index in [0.29, 0.717) is 33.9 Å². The number of benzene rings is 2. The average molecular weight is 568 g/mol. The van der Waals surface area contributed by atoms with Crippen LogP contribution in [0.25, 0.3) is 22.0 Å². The number of carbonyl (C=O) groups is 1. The van der Waals surface area contributed by atoms with E-state index in [0.717, 1.165) is 22.2 Å². The van der Waals surface area contributed by atoms with Gasteiger partial charge in [0, 0.05) is 40.6 Å². The van der Waals surface area contributed by atoms with Crippen LogP contribution in [-0.4, -0.2) is 41.2 Å². The van der Waals surface area contributed by atoms with Crippen LogP contribution >= 0.6 is 11.6 Å². The number of halogens is 1. The number of aliphatic carboxylic acids is 1. The molecule has 1 aliphatic rings. The smallest absolute Gasteiger partial charge is 0.337 e. The van der Waals surface area contributed by atoms with Crippen molar-refractivity contribution >= 4 is 44.2 Å². The zero-order chi connectivity index (χ0) is 28.3. The first-order chi connectivity index (χ1) is 18.3. The molecule has 0 unspecified atom stereocenters. The van der Waals surface area contributed by atoms with Crippen LogP contribution in [-0.2, 0) is 26.1 Å². The molecule has 0 amide bonds. The molecule has 4 aromatic rings. The SMILES string of the molecule is Cc1c([C@H](OC(C)(C)C)C(=O)O)c(-c2ccc(Cl)cc2)c2cc(C)n3c2c1N(S(=O)(=O)c1cccnc1)CC3. The lowest BCUT2D eigenvalue weighted by molar-refractivity contribution is -0.160. The van der Waals surface area contributed by atoms with E-state index >= 15 is 0 Å². The molecule has 204 valence electrons. The van der Waals surface area contributed by atoms with Crippen molar-refractivity contribution in [1.29, 1.82) is 0 Å². The standard InChI is InChI=1S/C29H30ClN3O5S/c1-17-15-22-24(19-8-10-20(30)11-9-19)23(27(28(34)35)38-29(3,4)5)18(2)25-26(22)32(17)13-14-33(25)39(36,37)21-7-6-12-31-16-21/h6-12,15-16,27H,13-14H2,1-5H3,(H,34,35)/t27-/m0/s1. The molecule has 0 bridgehead atoms. The van der Waals surface area contributed by atoms with Gasteiger partial charge in [0.2, 0.25) is 0 Å². The number of hydrogen-bond acceptors (Lipinski definition) is 5. The zero-order valence-electron chi connectivity index (χ0n) is 22.4. The highest BCUT2D eigenvalue weighted by Crippen LogP contribution is 2.49. The van der Waals surface area contributed by atoms with E-state index in [1.807, 2.05) is 25.1 Å². The monoisotopic (exact) mass is 567 g/mol. The summed E-state index contributed by atoms with van der Waals surface area (Å²) in [5.41, 5.74) is 3.71. The van der Waals surface area contributed by atoms with Crippen molar-refractivity contribution in [3.63, 3.8) is 0 Å². The molecule has 0 saturated carbocycles. The van der Waals surface area contributed by atoms with Gasteiger partial charge in [-0.1, -0.05) is 23.7 Å². The number of aryl methyl sites for hydroxylation is 1. The Bertz CT molecular complexity index is 1690. The van der Waals surface area contributed by atoms with E-state index in [1.54, 1.807) is 45.9 Å². The number of carboxylic acids is 1. The van der Waals surface area contributed by atoms with E-state index in [4.69, 9.17) is 16.3 Å². The number of carboxylic acid groups (broad SMARTS) is 1. The highest BCUT2D eigenvalue weighted by atomic mass is 35.5. The van der Waals surface area contributed by atoms with Crippen LogP contribution in [0.2, 0.25) is 5.02 Å². The summed E-state index contributed by atoms with van der Waals surface area (Å²) < 4.78 is 37.5. The summed E-state index contributed by atoms with van der Waals surface area (Å²) in [5, 5.41) is 11.8. The van der Waals surface area contributed by atoms with Crippen LogP contribution < -0.4 is 4.31 Å². The minimum Gasteiger partial charge on any atom is -0.479 e. The van der Waals surface area contributed by atoms with Gasteiger partial charge in [-0.25, -0.2) is 13.2 Å². The molecular formula is C29H30ClN3O5S. The number of sulfonamides is 1. The molecule has 10 heteroatoms. The van der Waals surface area contributed by atoms with Gasteiger partial charge < -0.3 is 14.4 Å². The minimum absolute atomic E-state index is 0.0679. The van der Waals surface area contributed by atoms with Crippen LogP contribution in [0.5, 0.6) is 0 Å². The van der Waals surface area contributed by atoms with Crippen molar-refractivity contribution in [2.24, 2.45) is 0 Å². The molecule has 5 rings (SSSR count). The highest BCUT2D eigenvalue weighted by Gasteiger charge is 2.39. The number of ether oxygens (including phenoxy) is 1. The Balaban J connectivity index is 1.92. The zero-order valence-corrected chi connectivity index (χ0v) is 24.0. The van der Waals surface area contributed by atoms with E-state index in [9.17, 15) is 18.3 Å². The fourth-order valence-corrected chi connectivity index (χ4v) is 6.98. The molecule has 1 atom stereocenters. The second-order valence-corrected chi connectivity index (χ2v) is 13.0. The lowest BCUT2D eigenvalue weighted by Gasteiger charge is -2.35. The van der Waals surface area contributed by atoms with Gasteiger partial charge in [0.05, 0.1) is 23.3 Å². The van der Waals surface area contributed by atoms with Gasteiger partial charge >= 0.3 is 5.97 Å². The van der Waals surface area contributed by atoms with E-state index < -0.39 is 27.7 Å². The minimum atomic E-state index is -3.99. The summed E-state index contributed by atoms with van der Waals surface area (Å²) in [6.45, 7) is 9.76. The molecule has 0 saturated heterocycles. The lowest BCUT2D eigenvalue weighted by Crippen LogP contribution is -2.38. The Morgan fingerprint density at radius 2 is 1.82 bits per heavy atom. The molecule has 1 aliphatic heterocycles. The highest BCUT2D eigenvalue weighted by molar-refractivity contribution is 7.92. The average Bonchev–Trinajstić information content (AvgIpc) is 3.21. The van der Waals surface area contributed by atoms with Gasteiger partial charge in [-0.2, -0.15) is 0 Å². The second kappa shape index (κ2) is 9.66. The Labute approximate surface area is 232 Å². The van der Waals surface area contributed by atoms with Crippen molar-refractivity contribution in [2.75, 3.05) is 10.8 Å². The van der Waals surface area contributed by atoms with Crippen molar-refractivity contribution in [1.82, 2.24) is 9.55 Å². The molecule has 0 spiro atoms. The third-order valence-corrected chi connectivity index (χ3v) is 8.95. The van der Waals surface area contributed by atoms with Crippen LogP contribution in [0.15, 0.2) is 59.8 Å². The summed E-state index contributed by atoms with van der Waals surface area (Å²) in [6, 6.07) is 12.3. The van der Waals surface area contributed by atoms with E-state index in [-0.39, 0.29) is 11.4 Å². The summed E-state index contributed by atoms with van der Waals surface area (Å²) in [6.07, 6.45) is 1.49. The molecule has 2 aromatic heterocycles. The molecule has 8 nitrogen and oxygen atoms in total. The maximum Gasteiger partial charge on any atom is 0.337 e. The number of aromatic nitrogens is 2. The summed E-state index contributed by atoms with van der Waals surface area (Å²) >= 11 is 6.20. The van der Waals surface area contributed by atoms with Gasteiger partial charge in [0.15, 0.2) is 6.10 Å². The fourth-order valence-electron chi connectivity index (χ4n) is 5.37. The van der Waals surface area contributed by atoms with Crippen molar-refractivity contribution in [2.45, 2.75) is 57.8 Å². The number of nitrogens with zero attached hydrogens (tertiary/aromatic N) is 3. The third-order valence-electron chi connectivity index (χ3n) is 6.92. The predicted octanol–water partition coefficient (Wildman–Crippen LogP) is 6.12. The second-order valence-electron chi connectivity index (χ2n) is 10.7. The van der Waals surface area contributed by atoms with Crippen molar-refractivity contribution < 1.29 is 23.1 Å². The predicted molar refractivity (Wildman–Crippen MR) is 152 cm³/mol. The largest absolute Gasteiger partial charge is 0.479 e. The lowest BCUT2D eigenvalue weighted by atomic mass is 9.87. The molecule has 3 heterocycles. The van der Waals surface area contributed by atoms with Gasteiger partial charge in [0.25, 0.3) is 10.0 Å². The molecule has 0 radical (unpaired) electrons. The maximum absolute atomic E-state index is 13.9. The first-order valence-electron chi connectivity index (χ1n) is 12.6. The third kappa shape index (κ3) is 4.68. The molecular weight excluding hydrogens is 538 g/mol. The van der Waals surface area contributed by atoms with Gasteiger partial charge in [-0.3, -0.25) is 9.29 Å². The van der Waals surface area contributed by atoms with Crippen LogP contribution in [0, 0.1) is 13.8 Å². The Hall–Kier alpha value is -3.40. The molecule has 1 N–H and O–H groups in total. The molecule has 0 fully saturated rings. The van der Waals surface area contributed by atoms with Crippen LogP contribution in [0.3, 0.4) is 0 Å². The first-order valence-corrected chi connectivity index (χ1v) is 14.4. The summed E-state index contributed by atoms with van der Waals surface area (Å²) in [7, 11) is -3.99. The Morgan fingerprint density at radius 1 is 1.13 bits per heavy atom. The van der Waals surface area contributed by atoms with Crippen molar-refractivity contribution in [3.8, 4) is 11.1 Å². The molecule has 39 heavy (non-hydrogen) atoms. The number of hydrogen-bond donors (Lipinski definition) is 1. The van der Waals surface area contributed by atoms with Crippen molar-refractivity contribution in [3.05, 3.63) is 76.7 Å². The quantitative estimate of drug-likeness (QED) is 0.301. The summed E-state index contributed by atoms with van der Waals surface area (Å²) in [5.74, 6) is -1.16. The number of anilines is 1. The molecule has 2 aromatic carbocycles. The Morgan fingerprint density at radius 3 is 2.41 bits per heavy atom. The fraction of sp³-hybridized carbons (Fsp3) is 0.310. The Kier molecular flexibility index (Phi) is 6.73. The van der Waals surface area contributed by atoms with E-state index in [1.165, 1.54) is 22.8 Å². The van der Waals surface area contributed by atoms with Gasteiger partial charge in [0.1, 0.15) is 4.90 Å². The normalized spacial score (nSPS) is 14.6. The maximum atomic E-state index is 13.9. The van der Waals surface area contributed by atoms with Crippen LogP contribution in [0.4, 0.5) is 5.69 Å². The van der Waals surface area contributed by atoms with Gasteiger partial charge in [-0.05, 0) is 81.6 Å².